The molecule has 0 spiro atoms. The van der Waals surface area contributed by atoms with Crippen LogP contribution >= 0.6 is 0 Å². The highest BCUT2D eigenvalue weighted by Crippen LogP contribution is 2.34. The summed E-state index contributed by atoms with van der Waals surface area (Å²) < 4.78 is 77.9. The first-order valence-electron chi connectivity index (χ1n) is 9.92. The van der Waals surface area contributed by atoms with Gasteiger partial charge in [0.05, 0.1) is 23.1 Å². The number of benzene rings is 2. The molecule has 2 N–H and O–H groups in total. The fourth-order valence-corrected chi connectivity index (χ4v) is 3.66. The topological polar surface area (TPSA) is 69.6 Å². The van der Waals surface area contributed by atoms with E-state index in [2.05, 4.69) is 5.32 Å². The fraction of sp³-hybridized carbons (Fsp3) is 0.364. The lowest BCUT2D eigenvalue weighted by molar-refractivity contribution is -0.139. The number of nitrogens with one attached hydrogen (secondary N) is 1. The van der Waals surface area contributed by atoms with Crippen LogP contribution in [0.3, 0.4) is 0 Å². The highest BCUT2D eigenvalue weighted by Gasteiger charge is 2.37. The molecular weight excluding hydrogens is 454 g/mol. The molecule has 2 aromatic carbocycles. The average molecular weight is 474 g/mol. The molecule has 178 valence electrons. The number of hydrogen-bond donors (Lipinski definition) is 2. The van der Waals surface area contributed by atoms with Crippen molar-refractivity contribution in [2.75, 3.05) is 13.1 Å². The zero-order valence-corrected chi connectivity index (χ0v) is 17.1. The maximum absolute atomic E-state index is 13.1. The number of hydrogen-bond acceptors (Lipinski definition) is 3. The van der Waals surface area contributed by atoms with E-state index in [4.69, 9.17) is 0 Å². The van der Waals surface area contributed by atoms with Crippen LogP contribution in [0.4, 0.5) is 26.3 Å². The molecule has 2 atom stereocenters. The molecule has 0 radical (unpaired) electrons. The Morgan fingerprint density at radius 3 is 2.42 bits per heavy atom. The summed E-state index contributed by atoms with van der Waals surface area (Å²) in [6.45, 7) is -0.672. The van der Waals surface area contributed by atoms with Gasteiger partial charge in [0, 0.05) is 26.1 Å². The molecule has 2 unspecified atom stereocenters. The molecule has 1 heterocycles. The number of rotatable bonds is 6. The number of halogens is 6. The van der Waals surface area contributed by atoms with Crippen molar-refractivity contribution in [3.8, 4) is 0 Å². The second-order valence-corrected chi connectivity index (χ2v) is 7.72. The van der Waals surface area contributed by atoms with Crippen LogP contribution in [-0.4, -0.2) is 34.9 Å². The minimum absolute atomic E-state index is 0.0594. The molecule has 1 fully saturated rings. The van der Waals surface area contributed by atoms with Crippen LogP contribution in [0.5, 0.6) is 0 Å². The molecule has 0 aromatic heterocycles. The molecular formula is C22H20F6N2O3. The second-order valence-electron chi connectivity index (χ2n) is 7.72. The molecule has 2 aromatic rings. The predicted molar refractivity (Wildman–Crippen MR) is 104 cm³/mol. The van der Waals surface area contributed by atoms with Gasteiger partial charge in [-0.15, -0.1) is 0 Å². The van der Waals surface area contributed by atoms with Gasteiger partial charge < -0.3 is 15.3 Å². The Bertz CT molecular complexity index is 1020. The number of carbonyl (C=O) groups excluding carboxylic acids is 2. The van der Waals surface area contributed by atoms with Crippen LogP contribution in [0.2, 0.25) is 0 Å². The minimum Gasteiger partial charge on any atom is -0.387 e. The fourth-order valence-electron chi connectivity index (χ4n) is 3.66. The summed E-state index contributed by atoms with van der Waals surface area (Å²) in [7, 11) is 0. The zero-order valence-electron chi connectivity index (χ0n) is 17.1. The summed E-state index contributed by atoms with van der Waals surface area (Å²) in [6.07, 6.45) is -11.0. The lowest BCUT2D eigenvalue weighted by Gasteiger charge is -2.19. The maximum atomic E-state index is 13.1. The van der Waals surface area contributed by atoms with E-state index in [0.717, 1.165) is 24.3 Å². The van der Waals surface area contributed by atoms with E-state index in [0.29, 0.717) is 0 Å². The van der Waals surface area contributed by atoms with E-state index >= 15 is 0 Å². The quantitative estimate of drug-likeness (QED) is 0.624. The Labute approximate surface area is 185 Å². The first-order chi connectivity index (χ1) is 15.4. The number of aliphatic hydroxyl groups excluding tert-OH is 1. The van der Waals surface area contributed by atoms with E-state index in [1.54, 1.807) is 0 Å². The zero-order chi connectivity index (χ0) is 24.4. The molecule has 3 rings (SSSR count). The van der Waals surface area contributed by atoms with Crippen LogP contribution in [-0.2, 0) is 28.5 Å². The number of amides is 2. The monoisotopic (exact) mass is 474 g/mol. The van der Waals surface area contributed by atoms with Gasteiger partial charge in [-0.3, -0.25) is 9.59 Å². The van der Waals surface area contributed by atoms with E-state index < -0.39 is 53.9 Å². The number of nitrogens with zero attached hydrogens (tertiary/aromatic N) is 1. The summed E-state index contributed by atoms with van der Waals surface area (Å²) in [5.74, 6) is -1.91. The third kappa shape index (κ3) is 6.04. The van der Waals surface area contributed by atoms with Crippen molar-refractivity contribution >= 4 is 11.8 Å². The third-order valence-corrected chi connectivity index (χ3v) is 5.31. The van der Waals surface area contributed by atoms with Gasteiger partial charge in [0.25, 0.3) is 0 Å². The van der Waals surface area contributed by atoms with Gasteiger partial charge in [-0.05, 0) is 29.3 Å². The first kappa shape index (κ1) is 24.6. The van der Waals surface area contributed by atoms with Crippen molar-refractivity contribution in [1.82, 2.24) is 10.2 Å². The average Bonchev–Trinajstić information content (AvgIpc) is 3.11. The van der Waals surface area contributed by atoms with E-state index in [9.17, 15) is 41.0 Å². The predicted octanol–water partition coefficient (Wildman–Crippen LogP) is 3.92. The Morgan fingerprint density at radius 2 is 1.76 bits per heavy atom. The molecule has 1 saturated heterocycles. The summed E-state index contributed by atoms with van der Waals surface area (Å²) in [5.41, 5.74) is -2.01. The van der Waals surface area contributed by atoms with Gasteiger partial charge in [-0.25, -0.2) is 0 Å². The Hall–Kier alpha value is -3.08. The van der Waals surface area contributed by atoms with Gasteiger partial charge >= 0.3 is 12.4 Å². The minimum atomic E-state index is -4.68. The lowest BCUT2D eigenvalue weighted by atomic mass is 10.0. The Kier molecular flexibility index (Phi) is 7.01. The third-order valence-electron chi connectivity index (χ3n) is 5.31. The highest BCUT2D eigenvalue weighted by molar-refractivity contribution is 5.89. The van der Waals surface area contributed by atoms with Gasteiger partial charge in [-0.2, -0.15) is 26.3 Å². The molecule has 0 saturated carbocycles. The van der Waals surface area contributed by atoms with Crippen LogP contribution < -0.4 is 5.32 Å². The molecule has 33 heavy (non-hydrogen) atoms. The summed E-state index contributed by atoms with van der Waals surface area (Å²) in [4.78, 5) is 25.9. The Balaban J connectivity index is 1.59. The van der Waals surface area contributed by atoms with Crippen LogP contribution in [0.1, 0.15) is 34.8 Å². The van der Waals surface area contributed by atoms with Gasteiger partial charge in [-0.1, -0.05) is 30.3 Å². The highest BCUT2D eigenvalue weighted by atomic mass is 19.4. The maximum Gasteiger partial charge on any atom is 0.416 e. The van der Waals surface area contributed by atoms with Crippen LogP contribution in [0, 0.1) is 5.92 Å². The van der Waals surface area contributed by atoms with Crippen molar-refractivity contribution in [2.45, 2.75) is 31.4 Å². The van der Waals surface area contributed by atoms with Crippen molar-refractivity contribution in [1.29, 1.82) is 0 Å². The molecule has 11 heteroatoms. The van der Waals surface area contributed by atoms with Crippen molar-refractivity contribution in [2.24, 2.45) is 5.92 Å². The molecule has 1 aliphatic rings. The lowest BCUT2D eigenvalue weighted by Crippen LogP contribution is -2.35. The molecule has 1 aliphatic heterocycles. The first-order valence-corrected chi connectivity index (χ1v) is 9.92. The number of carbonyl (C=O) groups is 2. The standard InChI is InChI=1S/C22H20F6N2O3/c23-21(24,25)15-5-3-4-13(8-15)11-30-12-14(9-19(30)32)20(33)29-10-18(31)16-6-1-2-7-17(16)22(26,27)28/h1-8,14,18,31H,9-12H2,(H,29,33). The Morgan fingerprint density at radius 1 is 1.06 bits per heavy atom. The van der Waals surface area contributed by atoms with Crippen molar-refractivity contribution < 1.29 is 41.0 Å². The molecule has 5 nitrogen and oxygen atoms in total. The number of aliphatic hydroxyl groups is 1. The van der Waals surface area contributed by atoms with Crippen LogP contribution in [0.15, 0.2) is 48.5 Å². The summed E-state index contributed by atoms with van der Waals surface area (Å²) in [5, 5.41) is 12.5. The van der Waals surface area contributed by atoms with Crippen molar-refractivity contribution in [3.05, 3.63) is 70.8 Å². The molecule has 0 aliphatic carbocycles. The smallest absolute Gasteiger partial charge is 0.387 e. The van der Waals surface area contributed by atoms with Gasteiger partial charge in [0.1, 0.15) is 0 Å². The van der Waals surface area contributed by atoms with Gasteiger partial charge in [0.2, 0.25) is 11.8 Å². The second kappa shape index (κ2) is 9.42. The molecule has 2 amide bonds. The summed E-state index contributed by atoms with van der Waals surface area (Å²) >= 11 is 0. The van der Waals surface area contributed by atoms with E-state index in [1.807, 2.05) is 0 Å². The number of likely N-dealkylation sites (tertiary alicyclic amines) is 1. The summed E-state index contributed by atoms with van der Waals surface area (Å²) in [6, 6.07) is 8.94. The van der Waals surface area contributed by atoms with E-state index in [1.165, 1.54) is 29.2 Å². The number of alkyl halides is 6. The van der Waals surface area contributed by atoms with Crippen LogP contribution in [0.25, 0.3) is 0 Å². The van der Waals surface area contributed by atoms with Crippen molar-refractivity contribution in [3.63, 3.8) is 0 Å². The van der Waals surface area contributed by atoms with E-state index in [-0.39, 0.29) is 30.6 Å². The normalized spacial score (nSPS) is 17.8. The van der Waals surface area contributed by atoms with Gasteiger partial charge in [0.15, 0.2) is 0 Å². The SMILES string of the molecule is O=C(NCC(O)c1ccccc1C(F)(F)F)C1CC(=O)N(Cc2cccc(C(F)(F)F)c2)C1. The molecule has 0 bridgehead atoms. The largest absolute Gasteiger partial charge is 0.416 e.